The first-order valence-corrected chi connectivity index (χ1v) is 6.18. The van der Waals surface area contributed by atoms with Crippen molar-refractivity contribution in [3.8, 4) is 5.75 Å². The van der Waals surface area contributed by atoms with Crippen LogP contribution in [0.2, 0.25) is 0 Å². The highest BCUT2D eigenvalue weighted by Crippen LogP contribution is 2.25. The van der Waals surface area contributed by atoms with Crippen molar-refractivity contribution in [3.05, 3.63) is 29.3 Å². The van der Waals surface area contributed by atoms with Gasteiger partial charge < -0.3 is 14.7 Å². The summed E-state index contributed by atoms with van der Waals surface area (Å²) in [5, 5.41) is 9.16. The second kappa shape index (κ2) is 5.40. The molecule has 18 heavy (non-hydrogen) atoms. The van der Waals surface area contributed by atoms with Gasteiger partial charge in [-0.05, 0) is 23.6 Å². The zero-order valence-corrected chi connectivity index (χ0v) is 10.8. The number of aliphatic hydroxyl groups excluding tert-OH is 1. The molecule has 1 N–H and O–H groups in total. The van der Waals surface area contributed by atoms with Crippen molar-refractivity contribution in [3.63, 3.8) is 0 Å². The third-order valence-corrected chi connectivity index (χ3v) is 3.30. The lowest BCUT2D eigenvalue weighted by Crippen LogP contribution is -2.24. The third kappa shape index (κ3) is 2.64. The lowest BCUT2D eigenvalue weighted by atomic mass is 10.1. The van der Waals surface area contributed by atoms with E-state index in [0.29, 0.717) is 18.9 Å². The molecule has 0 aliphatic carbocycles. The van der Waals surface area contributed by atoms with Gasteiger partial charge in [0.2, 0.25) is 5.91 Å². The van der Waals surface area contributed by atoms with Crippen molar-refractivity contribution < 1.29 is 14.6 Å². The molecule has 4 heteroatoms. The first-order valence-electron chi connectivity index (χ1n) is 6.18. The van der Waals surface area contributed by atoms with Gasteiger partial charge in [0.05, 0.1) is 13.7 Å². The molecular formula is C14H19NO3. The summed E-state index contributed by atoms with van der Waals surface area (Å²) in [6, 6.07) is 5.57. The van der Waals surface area contributed by atoms with E-state index < -0.39 is 0 Å². The average Bonchev–Trinajstić information content (AvgIpc) is 2.67. The van der Waals surface area contributed by atoms with Gasteiger partial charge in [-0.15, -0.1) is 0 Å². The number of hydrogen-bond donors (Lipinski definition) is 1. The fraction of sp³-hybridized carbons (Fsp3) is 0.500. The van der Waals surface area contributed by atoms with Crippen LogP contribution in [0.3, 0.4) is 0 Å². The maximum absolute atomic E-state index is 11.8. The molecular weight excluding hydrogens is 230 g/mol. The molecule has 4 nitrogen and oxygen atoms in total. The van der Waals surface area contributed by atoms with Crippen molar-refractivity contribution in [1.29, 1.82) is 0 Å². The van der Waals surface area contributed by atoms with Crippen LogP contribution in [0.15, 0.2) is 18.2 Å². The molecule has 1 amide bonds. The molecule has 0 spiro atoms. The number of nitrogens with zero attached hydrogens (tertiary/aromatic N) is 1. The number of likely N-dealkylation sites (tertiary alicyclic amines) is 1. The molecule has 1 saturated heterocycles. The van der Waals surface area contributed by atoms with Crippen LogP contribution in [0.4, 0.5) is 0 Å². The van der Waals surface area contributed by atoms with Gasteiger partial charge in [-0.1, -0.05) is 13.0 Å². The number of aliphatic hydroxyl groups is 1. The number of ether oxygens (including phenoxy) is 1. The van der Waals surface area contributed by atoms with Crippen LogP contribution in [-0.2, 0) is 17.9 Å². The molecule has 0 aromatic heterocycles. The summed E-state index contributed by atoms with van der Waals surface area (Å²) >= 11 is 0. The minimum absolute atomic E-state index is 0.00133. The molecule has 1 unspecified atom stereocenters. The first-order chi connectivity index (χ1) is 8.63. The molecule has 1 aromatic rings. The monoisotopic (exact) mass is 249 g/mol. The zero-order valence-electron chi connectivity index (χ0n) is 10.8. The summed E-state index contributed by atoms with van der Waals surface area (Å²) in [4.78, 5) is 13.6. The van der Waals surface area contributed by atoms with E-state index in [1.165, 1.54) is 0 Å². The molecule has 2 rings (SSSR count). The van der Waals surface area contributed by atoms with Crippen molar-refractivity contribution in [2.24, 2.45) is 5.92 Å². The van der Waals surface area contributed by atoms with Gasteiger partial charge in [0, 0.05) is 25.1 Å². The number of amides is 1. The summed E-state index contributed by atoms with van der Waals surface area (Å²) in [6.07, 6.45) is 0.627. The van der Waals surface area contributed by atoms with Crippen LogP contribution in [0, 0.1) is 5.92 Å². The van der Waals surface area contributed by atoms with E-state index in [1.807, 2.05) is 23.1 Å². The van der Waals surface area contributed by atoms with Crippen molar-refractivity contribution in [2.45, 2.75) is 26.5 Å². The smallest absolute Gasteiger partial charge is 0.223 e. The van der Waals surface area contributed by atoms with E-state index in [9.17, 15) is 4.79 Å². The van der Waals surface area contributed by atoms with E-state index in [2.05, 4.69) is 6.92 Å². The molecule has 1 aliphatic heterocycles. The quantitative estimate of drug-likeness (QED) is 0.881. The summed E-state index contributed by atoms with van der Waals surface area (Å²) in [6.45, 7) is 3.44. The SMILES string of the molecule is COc1ccc(CO)cc1CN1CC(C)CC1=O. The normalized spacial score (nSPS) is 19.4. The topological polar surface area (TPSA) is 49.8 Å². The Labute approximate surface area is 107 Å². The lowest BCUT2D eigenvalue weighted by Gasteiger charge is -2.18. The number of benzene rings is 1. The predicted molar refractivity (Wildman–Crippen MR) is 68.1 cm³/mol. The van der Waals surface area contributed by atoms with Crippen LogP contribution >= 0.6 is 0 Å². The summed E-state index contributed by atoms with van der Waals surface area (Å²) in [7, 11) is 1.62. The van der Waals surface area contributed by atoms with Crippen LogP contribution < -0.4 is 4.74 Å². The maximum atomic E-state index is 11.8. The molecule has 0 saturated carbocycles. The van der Waals surface area contributed by atoms with Gasteiger partial charge in [0.25, 0.3) is 0 Å². The number of hydrogen-bond acceptors (Lipinski definition) is 3. The Morgan fingerprint density at radius 1 is 1.50 bits per heavy atom. The van der Waals surface area contributed by atoms with E-state index in [1.54, 1.807) is 7.11 Å². The molecule has 0 bridgehead atoms. The van der Waals surface area contributed by atoms with Crippen molar-refractivity contribution in [1.82, 2.24) is 4.90 Å². The van der Waals surface area contributed by atoms with Crippen LogP contribution in [0.25, 0.3) is 0 Å². The minimum Gasteiger partial charge on any atom is -0.496 e. The Bertz CT molecular complexity index is 445. The second-order valence-corrected chi connectivity index (χ2v) is 4.89. The Hall–Kier alpha value is -1.55. The van der Waals surface area contributed by atoms with E-state index in [4.69, 9.17) is 9.84 Å². The Balaban J connectivity index is 2.19. The highest BCUT2D eigenvalue weighted by atomic mass is 16.5. The standard InChI is InChI=1S/C14H19NO3/c1-10-5-14(17)15(7-10)8-12-6-11(9-16)3-4-13(12)18-2/h3-4,6,10,16H,5,7-9H2,1-2H3. The Kier molecular flexibility index (Phi) is 3.87. The van der Waals surface area contributed by atoms with Crippen molar-refractivity contribution >= 4 is 5.91 Å². The highest BCUT2D eigenvalue weighted by Gasteiger charge is 2.26. The number of rotatable bonds is 4. The molecule has 1 heterocycles. The molecule has 0 radical (unpaired) electrons. The van der Waals surface area contributed by atoms with E-state index in [0.717, 1.165) is 23.4 Å². The lowest BCUT2D eigenvalue weighted by molar-refractivity contribution is -0.128. The Morgan fingerprint density at radius 2 is 2.28 bits per heavy atom. The molecule has 1 atom stereocenters. The average molecular weight is 249 g/mol. The zero-order chi connectivity index (χ0) is 13.1. The Morgan fingerprint density at radius 3 is 2.83 bits per heavy atom. The number of carbonyl (C=O) groups excluding carboxylic acids is 1. The first kappa shape index (κ1) is 12.9. The number of methoxy groups -OCH3 is 1. The third-order valence-electron chi connectivity index (χ3n) is 3.30. The van der Waals surface area contributed by atoms with Gasteiger partial charge in [-0.25, -0.2) is 0 Å². The summed E-state index contributed by atoms with van der Waals surface area (Å²) in [5.41, 5.74) is 1.79. The fourth-order valence-corrected chi connectivity index (χ4v) is 2.38. The largest absolute Gasteiger partial charge is 0.496 e. The molecule has 1 aliphatic rings. The van der Waals surface area contributed by atoms with Crippen LogP contribution in [0.5, 0.6) is 5.75 Å². The maximum Gasteiger partial charge on any atom is 0.223 e. The molecule has 1 aromatic carbocycles. The fourth-order valence-electron chi connectivity index (χ4n) is 2.38. The van der Waals surface area contributed by atoms with Gasteiger partial charge in [0.15, 0.2) is 0 Å². The van der Waals surface area contributed by atoms with Gasteiger partial charge in [0.1, 0.15) is 5.75 Å². The second-order valence-electron chi connectivity index (χ2n) is 4.89. The summed E-state index contributed by atoms with van der Waals surface area (Å²) in [5.74, 6) is 1.38. The predicted octanol–water partition coefficient (Wildman–Crippen LogP) is 1.56. The highest BCUT2D eigenvalue weighted by molar-refractivity contribution is 5.78. The van der Waals surface area contributed by atoms with E-state index >= 15 is 0 Å². The van der Waals surface area contributed by atoms with E-state index in [-0.39, 0.29) is 12.5 Å². The van der Waals surface area contributed by atoms with Crippen LogP contribution in [-0.4, -0.2) is 29.6 Å². The van der Waals surface area contributed by atoms with Crippen LogP contribution in [0.1, 0.15) is 24.5 Å². The number of carbonyl (C=O) groups is 1. The van der Waals surface area contributed by atoms with Gasteiger partial charge >= 0.3 is 0 Å². The van der Waals surface area contributed by atoms with Gasteiger partial charge in [-0.3, -0.25) is 4.79 Å². The van der Waals surface area contributed by atoms with Gasteiger partial charge in [-0.2, -0.15) is 0 Å². The minimum atomic E-state index is 0.00133. The van der Waals surface area contributed by atoms with Crippen molar-refractivity contribution in [2.75, 3.05) is 13.7 Å². The summed E-state index contributed by atoms with van der Waals surface area (Å²) < 4.78 is 5.30. The molecule has 98 valence electrons. The molecule has 1 fully saturated rings.